The van der Waals surface area contributed by atoms with Crippen molar-refractivity contribution in [2.45, 2.75) is 20.8 Å². The lowest BCUT2D eigenvalue weighted by molar-refractivity contribution is 0.454. The standard InChI is InChI=1S/C7H8BO2.C2H6/c1-6-2-4-7(5-3-6)10-8-9;1-2/h2-5,9H,1H3;1-2H3. The van der Waals surface area contributed by atoms with Gasteiger partial charge in [0.1, 0.15) is 0 Å². The van der Waals surface area contributed by atoms with E-state index in [1.807, 2.05) is 32.9 Å². The van der Waals surface area contributed by atoms with E-state index in [0.29, 0.717) is 13.4 Å². The molecule has 12 heavy (non-hydrogen) atoms. The van der Waals surface area contributed by atoms with E-state index in [-0.39, 0.29) is 0 Å². The SMILES string of the molecule is CC.Cc1ccc(O[B]O)cc1. The molecule has 1 N–H and O–H groups in total. The Morgan fingerprint density at radius 3 is 2.08 bits per heavy atom. The quantitative estimate of drug-likeness (QED) is 0.678. The zero-order valence-electron chi connectivity index (χ0n) is 7.74. The number of rotatable bonds is 2. The van der Waals surface area contributed by atoms with Crippen molar-refractivity contribution in [3.05, 3.63) is 29.8 Å². The first-order chi connectivity index (χ1) is 5.83. The molecule has 0 fully saturated rings. The minimum atomic E-state index is 0.646. The lowest BCUT2D eigenvalue weighted by atomic mass is 10.2. The van der Waals surface area contributed by atoms with E-state index in [9.17, 15) is 0 Å². The summed E-state index contributed by atoms with van der Waals surface area (Å²) in [6, 6.07) is 7.42. The first kappa shape index (κ1) is 11.0. The summed E-state index contributed by atoms with van der Waals surface area (Å²) in [5.41, 5.74) is 1.17. The zero-order valence-corrected chi connectivity index (χ0v) is 7.74. The van der Waals surface area contributed by atoms with Crippen molar-refractivity contribution in [1.29, 1.82) is 0 Å². The minimum absolute atomic E-state index is 0.646. The molecule has 0 aromatic heterocycles. The first-order valence-corrected chi connectivity index (χ1v) is 4.02. The molecule has 0 saturated heterocycles. The summed E-state index contributed by atoms with van der Waals surface area (Å²) < 4.78 is 4.69. The summed E-state index contributed by atoms with van der Waals surface area (Å²) in [6.07, 6.45) is 0. The Morgan fingerprint density at radius 1 is 1.17 bits per heavy atom. The second-order valence-electron chi connectivity index (χ2n) is 2.04. The predicted octanol–water partition coefficient (Wildman–Crippen LogP) is 1.93. The largest absolute Gasteiger partial charge is 0.569 e. The van der Waals surface area contributed by atoms with Crippen LogP contribution in [0.15, 0.2) is 24.3 Å². The summed E-state index contributed by atoms with van der Waals surface area (Å²) in [5, 5.41) is 8.24. The van der Waals surface area contributed by atoms with Crippen LogP contribution in [-0.2, 0) is 0 Å². The highest BCUT2D eigenvalue weighted by atomic mass is 16.5. The fraction of sp³-hybridized carbons (Fsp3) is 0.333. The molecule has 0 aliphatic rings. The summed E-state index contributed by atoms with van der Waals surface area (Å²) in [7, 11) is 0.671. The van der Waals surface area contributed by atoms with Crippen LogP contribution in [0.5, 0.6) is 5.75 Å². The molecule has 1 rings (SSSR count). The lowest BCUT2D eigenvalue weighted by Gasteiger charge is -1.99. The maximum absolute atomic E-state index is 8.24. The fourth-order valence-electron chi connectivity index (χ4n) is 0.678. The topological polar surface area (TPSA) is 29.5 Å². The molecule has 0 atom stereocenters. The van der Waals surface area contributed by atoms with Crippen molar-refractivity contribution in [3.63, 3.8) is 0 Å². The molecule has 1 radical (unpaired) electrons. The Hall–Kier alpha value is -0.955. The van der Waals surface area contributed by atoms with Gasteiger partial charge in [0.05, 0.1) is 5.75 Å². The van der Waals surface area contributed by atoms with Gasteiger partial charge in [-0.25, -0.2) is 0 Å². The second-order valence-corrected chi connectivity index (χ2v) is 2.04. The number of hydrogen-bond acceptors (Lipinski definition) is 2. The van der Waals surface area contributed by atoms with Gasteiger partial charge in [-0.2, -0.15) is 0 Å². The summed E-state index contributed by atoms with van der Waals surface area (Å²) >= 11 is 0. The molecule has 2 nitrogen and oxygen atoms in total. The van der Waals surface area contributed by atoms with E-state index in [1.54, 1.807) is 12.1 Å². The molecular formula is C9H14BO2. The number of hydrogen-bond donors (Lipinski definition) is 1. The smallest absolute Gasteiger partial charge is 0.537 e. The zero-order chi connectivity index (χ0) is 9.40. The van der Waals surface area contributed by atoms with E-state index >= 15 is 0 Å². The van der Waals surface area contributed by atoms with E-state index in [0.717, 1.165) is 0 Å². The van der Waals surface area contributed by atoms with Crippen molar-refractivity contribution >= 4 is 7.69 Å². The van der Waals surface area contributed by atoms with E-state index in [4.69, 9.17) is 9.68 Å². The van der Waals surface area contributed by atoms with Gasteiger partial charge in [0.15, 0.2) is 0 Å². The van der Waals surface area contributed by atoms with Crippen molar-refractivity contribution in [2.24, 2.45) is 0 Å². The van der Waals surface area contributed by atoms with Crippen molar-refractivity contribution in [2.75, 3.05) is 0 Å². The third-order valence-electron chi connectivity index (χ3n) is 1.21. The van der Waals surface area contributed by atoms with Crippen molar-refractivity contribution < 1.29 is 9.68 Å². The van der Waals surface area contributed by atoms with Gasteiger partial charge in [0.25, 0.3) is 0 Å². The Labute approximate surface area is 74.5 Å². The molecule has 0 bridgehead atoms. The molecule has 0 unspecified atom stereocenters. The molecule has 0 saturated carbocycles. The highest BCUT2D eigenvalue weighted by Crippen LogP contribution is 2.09. The van der Waals surface area contributed by atoms with Gasteiger partial charge < -0.3 is 9.68 Å². The summed E-state index contributed by atoms with van der Waals surface area (Å²) in [4.78, 5) is 0. The van der Waals surface area contributed by atoms with Crippen LogP contribution in [0.2, 0.25) is 0 Å². The summed E-state index contributed by atoms with van der Waals surface area (Å²) in [6.45, 7) is 5.99. The Morgan fingerprint density at radius 2 is 1.67 bits per heavy atom. The maximum atomic E-state index is 8.24. The minimum Gasteiger partial charge on any atom is -0.537 e. The van der Waals surface area contributed by atoms with Crippen LogP contribution in [0.1, 0.15) is 19.4 Å². The Bertz CT molecular complexity index is 196. The van der Waals surface area contributed by atoms with Crippen LogP contribution in [0.3, 0.4) is 0 Å². The maximum Gasteiger partial charge on any atom is 0.569 e. The summed E-state index contributed by atoms with van der Waals surface area (Å²) in [5.74, 6) is 0.646. The molecule has 1 aromatic carbocycles. The van der Waals surface area contributed by atoms with E-state index in [2.05, 4.69) is 0 Å². The van der Waals surface area contributed by atoms with E-state index in [1.165, 1.54) is 5.56 Å². The average Bonchev–Trinajstić information content (AvgIpc) is 2.13. The highest BCUT2D eigenvalue weighted by molar-refractivity contribution is 6.17. The van der Waals surface area contributed by atoms with Crippen LogP contribution in [-0.4, -0.2) is 12.7 Å². The monoisotopic (exact) mass is 165 g/mol. The lowest BCUT2D eigenvalue weighted by Crippen LogP contribution is -1.99. The molecule has 1 aromatic rings. The number of aryl methyl sites for hydroxylation is 1. The second kappa shape index (κ2) is 6.74. The van der Waals surface area contributed by atoms with Gasteiger partial charge in [-0.15, -0.1) is 0 Å². The Kier molecular flexibility index (Phi) is 6.20. The van der Waals surface area contributed by atoms with Gasteiger partial charge >= 0.3 is 7.69 Å². The molecule has 0 aliphatic carbocycles. The molecular weight excluding hydrogens is 151 g/mol. The van der Waals surface area contributed by atoms with Gasteiger partial charge in [-0.3, -0.25) is 0 Å². The third-order valence-corrected chi connectivity index (χ3v) is 1.21. The normalized spacial score (nSPS) is 8.00. The number of benzene rings is 1. The highest BCUT2D eigenvalue weighted by Gasteiger charge is 1.91. The Balaban J connectivity index is 0.000000561. The van der Waals surface area contributed by atoms with Gasteiger partial charge in [0.2, 0.25) is 0 Å². The van der Waals surface area contributed by atoms with Crippen LogP contribution in [0.25, 0.3) is 0 Å². The average molecular weight is 165 g/mol. The van der Waals surface area contributed by atoms with Crippen LogP contribution >= 0.6 is 0 Å². The van der Waals surface area contributed by atoms with Crippen LogP contribution in [0.4, 0.5) is 0 Å². The molecule has 0 heterocycles. The van der Waals surface area contributed by atoms with Crippen molar-refractivity contribution in [3.8, 4) is 5.75 Å². The van der Waals surface area contributed by atoms with Gasteiger partial charge in [-0.05, 0) is 19.1 Å². The molecule has 0 amide bonds. The van der Waals surface area contributed by atoms with Crippen molar-refractivity contribution in [1.82, 2.24) is 0 Å². The predicted molar refractivity (Wildman–Crippen MR) is 51.1 cm³/mol. The molecule has 3 heteroatoms. The molecule has 0 spiro atoms. The van der Waals surface area contributed by atoms with Crippen LogP contribution in [0, 0.1) is 6.92 Å². The molecule has 0 aliphatic heterocycles. The van der Waals surface area contributed by atoms with Gasteiger partial charge in [-0.1, -0.05) is 31.5 Å². The van der Waals surface area contributed by atoms with E-state index < -0.39 is 0 Å². The first-order valence-electron chi connectivity index (χ1n) is 4.02. The molecule has 65 valence electrons. The van der Waals surface area contributed by atoms with Gasteiger partial charge in [0, 0.05) is 0 Å². The van der Waals surface area contributed by atoms with Crippen LogP contribution < -0.4 is 4.65 Å². The fourth-order valence-corrected chi connectivity index (χ4v) is 0.678. The third kappa shape index (κ3) is 4.03.